The quantitative estimate of drug-likeness (QED) is 0.847. The largest absolute Gasteiger partial charge is 0.310 e. The van der Waals surface area contributed by atoms with Crippen LogP contribution in [0.25, 0.3) is 0 Å². The first kappa shape index (κ1) is 15.9. The van der Waals surface area contributed by atoms with E-state index in [9.17, 15) is 13.2 Å². The minimum Gasteiger partial charge on any atom is -0.310 e. The maximum Gasteiger partial charge on any atom is 0.141 e. The van der Waals surface area contributed by atoms with Gasteiger partial charge in [-0.1, -0.05) is 30.7 Å². The molecule has 0 radical (unpaired) electrons. The molecule has 0 aliphatic heterocycles. The van der Waals surface area contributed by atoms with Gasteiger partial charge in [0.15, 0.2) is 0 Å². The fourth-order valence-corrected chi connectivity index (χ4v) is 2.47. The lowest BCUT2D eigenvalue weighted by Crippen LogP contribution is -2.25. The van der Waals surface area contributed by atoms with Gasteiger partial charge in [0.25, 0.3) is 0 Å². The predicted molar refractivity (Wildman–Crippen MR) is 77.9 cm³/mol. The van der Waals surface area contributed by atoms with Crippen LogP contribution in [-0.2, 0) is 6.42 Å². The van der Waals surface area contributed by atoms with E-state index in [1.165, 1.54) is 30.3 Å². The fraction of sp³-hybridized carbons (Fsp3) is 0.250. The summed E-state index contributed by atoms with van der Waals surface area (Å²) in [6, 6.07) is 7.51. The summed E-state index contributed by atoms with van der Waals surface area (Å²) in [4.78, 5) is 0. The first-order valence-electron chi connectivity index (χ1n) is 6.64. The van der Waals surface area contributed by atoms with Crippen LogP contribution in [0.4, 0.5) is 13.2 Å². The Morgan fingerprint density at radius 2 is 1.71 bits per heavy atom. The number of hydrogen-bond donors (Lipinski definition) is 1. The van der Waals surface area contributed by atoms with E-state index in [2.05, 4.69) is 5.32 Å². The monoisotopic (exact) mass is 313 g/mol. The van der Waals surface area contributed by atoms with Gasteiger partial charge in [-0.05, 0) is 42.8 Å². The third-order valence-corrected chi connectivity index (χ3v) is 3.51. The van der Waals surface area contributed by atoms with Crippen molar-refractivity contribution in [3.05, 3.63) is 70.0 Å². The highest BCUT2D eigenvalue weighted by Crippen LogP contribution is 2.26. The van der Waals surface area contributed by atoms with Crippen LogP contribution in [-0.4, -0.2) is 6.54 Å². The molecule has 5 heteroatoms. The Hall–Kier alpha value is -1.52. The molecular formula is C16H15ClF3N. The molecule has 0 aromatic heterocycles. The summed E-state index contributed by atoms with van der Waals surface area (Å²) in [7, 11) is 0. The molecule has 0 saturated carbocycles. The Morgan fingerprint density at radius 3 is 2.29 bits per heavy atom. The first-order valence-corrected chi connectivity index (χ1v) is 7.02. The van der Waals surface area contributed by atoms with Crippen molar-refractivity contribution in [3.63, 3.8) is 0 Å². The van der Waals surface area contributed by atoms with Gasteiger partial charge in [-0.25, -0.2) is 13.2 Å². The van der Waals surface area contributed by atoms with Crippen LogP contribution in [0.2, 0.25) is 5.02 Å². The maximum atomic E-state index is 13.9. The van der Waals surface area contributed by atoms with Crippen molar-refractivity contribution in [1.82, 2.24) is 5.32 Å². The molecule has 112 valence electrons. The average molecular weight is 314 g/mol. The Morgan fingerprint density at radius 1 is 1.05 bits per heavy atom. The molecule has 1 nitrogen and oxygen atoms in total. The molecule has 0 amide bonds. The Balaban J connectivity index is 2.33. The van der Waals surface area contributed by atoms with Crippen molar-refractivity contribution in [3.8, 4) is 0 Å². The summed E-state index contributed by atoms with van der Waals surface area (Å²) < 4.78 is 41.0. The molecule has 0 aliphatic carbocycles. The second-order valence-corrected chi connectivity index (χ2v) is 5.11. The second kappa shape index (κ2) is 6.96. The van der Waals surface area contributed by atoms with E-state index in [0.29, 0.717) is 18.5 Å². The van der Waals surface area contributed by atoms with Gasteiger partial charge in [-0.3, -0.25) is 0 Å². The lowest BCUT2D eigenvalue weighted by atomic mass is 9.97. The summed E-state index contributed by atoms with van der Waals surface area (Å²) in [5.41, 5.74) is 0.690. The zero-order valence-corrected chi connectivity index (χ0v) is 12.2. The number of halogens is 4. The van der Waals surface area contributed by atoms with Gasteiger partial charge in [0.2, 0.25) is 0 Å². The molecule has 2 aromatic carbocycles. The number of nitrogens with one attached hydrogen (secondary N) is 1. The smallest absolute Gasteiger partial charge is 0.141 e. The number of likely N-dealkylation sites (N-methyl/N-ethyl adjacent to an activating group) is 1. The standard InChI is InChI=1S/C16H15ClF3N/c1-2-21-15(16-13(19)4-3-5-14(16)20)9-10-6-7-12(18)11(17)8-10/h3-8,15,21H,2,9H2,1H3. The van der Waals surface area contributed by atoms with Gasteiger partial charge in [0.1, 0.15) is 17.5 Å². The minimum atomic E-state index is -0.603. The van der Waals surface area contributed by atoms with Crippen LogP contribution >= 0.6 is 11.6 Å². The molecule has 0 heterocycles. The molecular weight excluding hydrogens is 299 g/mol. The van der Waals surface area contributed by atoms with Crippen molar-refractivity contribution in [2.75, 3.05) is 6.54 Å². The Kier molecular flexibility index (Phi) is 5.26. The molecule has 0 bridgehead atoms. The van der Waals surface area contributed by atoms with E-state index in [1.807, 2.05) is 6.92 Å². The summed E-state index contributed by atoms with van der Waals surface area (Å²) in [5.74, 6) is -1.72. The van der Waals surface area contributed by atoms with E-state index in [0.717, 1.165) is 0 Å². The Bertz CT molecular complexity index is 611. The van der Waals surface area contributed by atoms with Gasteiger partial charge < -0.3 is 5.32 Å². The van der Waals surface area contributed by atoms with Crippen LogP contribution in [0.3, 0.4) is 0 Å². The van der Waals surface area contributed by atoms with Crippen molar-refractivity contribution < 1.29 is 13.2 Å². The summed E-state index contributed by atoms with van der Waals surface area (Å²) in [5, 5.41) is 3.04. The Labute approximate surface area is 126 Å². The predicted octanol–water partition coefficient (Wildman–Crippen LogP) is 4.65. The maximum absolute atomic E-state index is 13.9. The summed E-state index contributed by atoms with van der Waals surface area (Å²) in [6.45, 7) is 2.40. The average Bonchev–Trinajstić information content (AvgIpc) is 2.43. The molecule has 21 heavy (non-hydrogen) atoms. The van der Waals surface area contributed by atoms with Crippen LogP contribution in [0.1, 0.15) is 24.1 Å². The molecule has 1 N–H and O–H groups in total. The minimum absolute atomic E-state index is 0.00301. The van der Waals surface area contributed by atoms with Gasteiger partial charge in [0.05, 0.1) is 5.02 Å². The van der Waals surface area contributed by atoms with Crippen molar-refractivity contribution >= 4 is 11.6 Å². The molecule has 0 fully saturated rings. The molecule has 1 unspecified atom stereocenters. The van der Waals surface area contributed by atoms with E-state index < -0.39 is 23.5 Å². The first-order chi connectivity index (χ1) is 10.0. The summed E-state index contributed by atoms with van der Waals surface area (Å²) >= 11 is 5.74. The molecule has 2 rings (SSSR count). The normalized spacial score (nSPS) is 12.4. The number of benzene rings is 2. The zero-order chi connectivity index (χ0) is 15.4. The van der Waals surface area contributed by atoms with E-state index >= 15 is 0 Å². The molecule has 0 spiro atoms. The number of hydrogen-bond acceptors (Lipinski definition) is 1. The topological polar surface area (TPSA) is 12.0 Å². The van der Waals surface area contributed by atoms with E-state index in [-0.39, 0.29) is 10.6 Å². The highest BCUT2D eigenvalue weighted by molar-refractivity contribution is 6.30. The van der Waals surface area contributed by atoms with Gasteiger partial charge in [0, 0.05) is 11.6 Å². The van der Waals surface area contributed by atoms with E-state index in [4.69, 9.17) is 11.6 Å². The SMILES string of the molecule is CCNC(Cc1ccc(F)c(Cl)c1)c1c(F)cccc1F. The van der Waals surface area contributed by atoms with E-state index in [1.54, 1.807) is 6.07 Å². The molecule has 2 aromatic rings. The van der Waals surface area contributed by atoms with Crippen LogP contribution in [0.5, 0.6) is 0 Å². The van der Waals surface area contributed by atoms with Crippen molar-refractivity contribution in [2.24, 2.45) is 0 Å². The van der Waals surface area contributed by atoms with Crippen molar-refractivity contribution in [1.29, 1.82) is 0 Å². The van der Waals surface area contributed by atoms with Crippen molar-refractivity contribution in [2.45, 2.75) is 19.4 Å². The second-order valence-electron chi connectivity index (χ2n) is 4.70. The molecule has 1 atom stereocenters. The highest BCUT2D eigenvalue weighted by atomic mass is 35.5. The lowest BCUT2D eigenvalue weighted by Gasteiger charge is -2.20. The summed E-state index contributed by atoms with van der Waals surface area (Å²) in [6.07, 6.45) is 0.311. The molecule has 0 saturated heterocycles. The lowest BCUT2D eigenvalue weighted by molar-refractivity contribution is 0.473. The van der Waals surface area contributed by atoms with Gasteiger partial charge in [-0.2, -0.15) is 0 Å². The van der Waals surface area contributed by atoms with Gasteiger partial charge >= 0.3 is 0 Å². The molecule has 0 aliphatic rings. The van der Waals surface area contributed by atoms with Crippen LogP contribution in [0, 0.1) is 17.5 Å². The zero-order valence-electron chi connectivity index (χ0n) is 11.5. The third kappa shape index (κ3) is 3.77. The van der Waals surface area contributed by atoms with Crippen LogP contribution in [0.15, 0.2) is 36.4 Å². The number of rotatable bonds is 5. The van der Waals surface area contributed by atoms with Gasteiger partial charge in [-0.15, -0.1) is 0 Å². The van der Waals surface area contributed by atoms with Crippen LogP contribution < -0.4 is 5.32 Å². The highest BCUT2D eigenvalue weighted by Gasteiger charge is 2.20. The fourth-order valence-electron chi connectivity index (χ4n) is 2.27. The third-order valence-electron chi connectivity index (χ3n) is 3.22.